The van der Waals surface area contributed by atoms with Crippen LogP contribution in [0.15, 0.2) is 47.6 Å². The van der Waals surface area contributed by atoms with Gasteiger partial charge in [0, 0.05) is 29.8 Å². The molecule has 132 valence electrons. The number of non-ortho nitro benzene ring substituents is 3. The zero-order chi connectivity index (χ0) is 19.3. The highest BCUT2D eigenvalue weighted by Gasteiger charge is 2.19. The van der Waals surface area contributed by atoms with Crippen molar-refractivity contribution in [2.75, 3.05) is 0 Å². The first-order valence-electron chi connectivity index (χ1n) is 6.79. The Labute approximate surface area is 144 Å². The summed E-state index contributed by atoms with van der Waals surface area (Å²) in [4.78, 5) is 41.9. The molecule has 2 aromatic carbocycles. The molecule has 0 bridgehead atoms. The van der Waals surface area contributed by atoms with E-state index in [1.807, 2.05) is 5.43 Å². The van der Waals surface area contributed by atoms with Crippen molar-refractivity contribution < 1.29 is 19.6 Å². The molecule has 1 amide bonds. The van der Waals surface area contributed by atoms with Gasteiger partial charge >= 0.3 is 0 Å². The number of carbonyl (C=O) groups excluding carboxylic acids is 1. The second kappa shape index (κ2) is 7.57. The van der Waals surface area contributed by atoms with Crippen LogP contribution in [0.2, 0.25) is 0 Å². The highest BCUT2D eigenvalue weighted by atomic mass is 16.6. The lowest BCUT2D eigenvalue weighted by atomic mass is 10.1. The van der Waals surface area contributed by atoms with Crippen molar-refractivity contribution in [2.45, 2.75) is 0 Å². The Bertz CT molecular complexity index is 909. The molecule has 12 nitrogen and oxygen atoms in total. The van der Waals surface area contributed by atoms with E-state index in [4.69, 9.17) is 0 Å². The van der Waals surface area contributed by atoms with Crippen LogP contribution in [-0.2, 0) is 0 Å². The SMILES string of the molecule is O=C(NN=Cc1cccc([N+](=O)[O-])c1)c1cc([N+](=O)[O-])cc([N+](=O)[O-])c1. The summed E-state index contributed by atoms with van der Waals surface area (Å²) < 4.78 is 0. The zero-order valence-corrected chi connectivity index (χ0v) is 12.8. The third-order valence-electron chi connectivity index (χ3n) is 3.05. The molecule has 0 aliphatic carbocycles. The molecule has 0 saturated heterocycles. The maximum absolute atomic E-state index is 12.0. The van der Waals surface area contributed by atoms with Crippen LogP contribution in [0.25, 0.3) is 0 Å². The van der Waals surface area contributed by atoms with Gasteiger partial charge in [0.1, 0.15) is 0 Å². The van der Waals surface area contributed by atoms with Gasteiger partial charge in [-0.15, -0.1) is 0 Å². The van der Waals surface area contributed by atoms with Crippen molar-refractivity contribution >= 4 is 29.2 Å². The van der Waals surface area contributed by atoms with Crippen molar-refractivity contribution in [1.82, 2.24) is 5.43 Å². The summed E-state index contributed by atoms with van der Waals surface area (Å²) in [7, 11) is 0. The van der Waals surface area contributed by atoms with E-state index in [-0.39, 0.29) is 11.3 Å². The molecule has 0 aliphatic rings. The van der Waals surface area contributed by atoms with Crippen LogP contribution in [0.3, 0.4) is 0 Å². The van der Waals surface area contributed by atoms with Crippen LogP contribution in [-0.4, -0.2) is 26.9 Å². The average molecular weight is 359 g/mol. The Morgan fingerprint density at radius 1 is 0.885 bits per heavy atom. The van der Waals surface area contributed by atoms with Gasteiger partial charge in [-0.2, -0.15) is 5.10 Å². The standard InChI is InChI=1S/C14H9N5O7/c20-14(10-5-12(18(23)24)7-13(6-10)19(25)26)16-15-8-9-2-1-3-11(4-9)17(21)22/h1-8H,(H,16,20). The Kier molecular flexibility index (Phi) is 5.27. The van der Waals surface area contributed by atoms with E-state index in [1.165, 1.54) is 24.3 Å². The lowest BCUT2D eigenvalue weighted by molar-refractivity contribution is -0.394. The molecular weight excluding hydrogens is 350 g/mol. The Hall–Kier alpha value is -4.22. The summed E-state index contributed by atoms with van der Waals surface area (Å²) in [5, 5.41) is 35.9. The highest BCUT2D eigenvalue weighted by molar-refractivity contribution is 5.96. The highest BCUT2D eigenvalue weighted by Crippen LogP contribution is 2.22. The number of hydrogen-bond acceptors (Lipinski definition) is 8. The van der Waals surface area contributed by atoms with Crippen molar-refractivity contribution in [1.29, 1.82) is 0 Å². The van der Waals surface area contributed by atoms with Crippen LogP contribution in [0.1, 0.15) is 15.9 Å². The van der Waals surface area contributed by atoms with E-state index in [0.29, 0.717) is 5.56 Å². The molecule has 26 heavy (non-hydrogen) atoms. The van der Waals surface area contributed by atoms with E-state index >= 15 is 0 Å². The van der Waals surface area contributed by atoms with E-state index in [0.717, 1.165) is 24.4 Å². The number of rotatable bonds is 6. The molecule has 0 unspecified atom stereocenters. The van der Waals surface area contributed by atoms with Crippen molar-refractivity contribution in [3.8, 4) is 0 Å². The summed E-state index contributed by atoms with van der Waals surface area (Å²) in [6.07, 6.45) is 1.12. The summed E-state index contributed by atoms with van der Waals surface area (Å²) in [5.74, 6) is -0.918. The molecule has 1 N–H and O–H groups in total. The predicted molar refractivity (Wildman–Crippen MR) is 87.9 cm³/mol. The van der Waals surface area contributed by atoms with Gasteiger partial charge in [0.15, 0.2) is 0 Å². The number of nitrogens with zero attached hydrogens (tertiary/aromatic N) is 4. The Balaban J connectivity index is 2.19. The van der Waals surface area contributed by atoms with Gasteiger partial charge < -0.3 is 0 Å². The van der Waals surface area contributed by atoms with Gasteiger partial charge in [0.25, 0.3) is 23.0 Å². The quantitative estimate of drug-likeness (QED) is 0.467. The van der Waals surface area contributed by atoms with Gasteiger partial charge in [-0.05, 0) is 0 Å². The number of hydrogen-bond donors (Lipinski definition) is 1. The fraction of sp³-hybridized carbons (Fsp3) is 0. The molecule has 0 atom stereocenters. The molecule has 0 aliphatic heterocycles. The molecule has 2 rings (SSSR count). The third kappa shape index (κ3) is 4.41. The minimum Gasteiger partial charge on any atom is -0.267 e. The lowest BCUT2D eigenvalue weighted by Gasteiger charge is -2.01. The van der Waals surface area contributed by atoms with Gasteiger partial charge in [-0.3, -0.25) is 35.1 Å². The first-order chi connectivity index (χ1) is 12.3. The Morgan fingerprint density at radius 2 is 1.46 bits per heavy atom. The number of nitrogens with one attached hydrogen (secondary N) is 1. The van der Waals surface area contributed by atoms with Crippen LogP contribution in [0.4, 0.5) is 17.1 Å². The molecule has 0 heterocycles. The van der Waals surface area contributed by atoms with Gasteiger partial charge in [-0.25, -0.2) is 5.43 Å². The number of hydrazone groups is 1. The molecule has 0 aromatic heterocycles. The van der Waals surface area contributed by atoms with E-state index < -0.39 is 32.1 Å². The first kappa shape index (κ1) is 18.1. The number of nitro benzene ring substituents is 3. The minimum atomic E-state index is -0.918. The number of carbonyl (C=O) groups is 1. The van der Waals surface area contributed by atoms with Crippen LogP contribution in [0, 0.1) is 30.3 Å². The topological polar surface area (TPSA) is 171 Å². The molecule has 0 saturated carbocycles. The van der Waals surface area contributed by atoms with Gasteiger partial charge in [-0.1, -0.05) is 12.1 Å². The third-order valence-corrected chi connectivity index (χ3v) is 3.05. The normalized spacial score (nSPS) is 10.5. The first-order valence-corrected chi connectivity index (χ1v) is 6.79. The van der Waals surface area contributed by atoms with Crippen LogP contribution >= 0.6 is 0 Å². The minimum absolute atomic E-state index is 0.172. The maximum Gasteiger partial charge on any atom is 0.277 e. The second-order valence-corrected chi connectivity index (χ2v) is 4.80. The smallest absolute Gasteiger partial charge is 0.267 e. The summed E-state index contributed by atoms with van der Waals surface area (Å²) in [5.41, 5.74) is 0.627. The van der Waals surface area contributed by atoms with E-state index in [1.54, 1.807) is 0 Å². The molecular formula is C14H9N5O7. The predicted octanol–water partition coefficient (Wildman–Crippen LogP) is 2.18. The van der Waals surface area contributed by atoms with E-state index in [9.17, 15) is 35.1 Å². The molecule has 12 heteroatoms. The van der Waals surface area contributed by atoms with Crippen molar-refractivity contribution in [2.24, 2.45) is 5.10 Å². The maximum atomic E-state index is 12.0. The summed E-state index contributed by atoms with van der Waals surface area (Å²) in [6.45, 7) is 0. The van der Waals surface area contributed by atoms with Crippen LogP contribution in [0.5, 0.6) is 0 Å². The number of amides is 1. The monoisotopic (exact) mass is 359 g/mol. The van der Waals surface area contributed by atoms with Crippen molar-refractivity contribution in [3.63, 3.8) is 0 Å². The van der Waals surface area contributed by atoms with Crippen molar-refractivity contribution in [3.05, 3.63) is 83.9 Å². The fourth-order valence-electron chi connectivity index (χ4n) is 1.89. The van der Waals surface area contributed by atoms with Gasteiger partial charge in [0.2, 0.25) is 0 Å². The summed E-state index contributed by atoms with van der Waals surface area (Å²) >= 11 is 0. The lowest BCUT2D eigenvalue weighted by Crippen LogP contribution is -2.18. The summed E-state index contributed by atoms with van der Waals surface area (Å²) in [6, 6.07) is 7.87. The molecule has 0 spiro atoms. The number of benzene rings is 2. The Morgan fingerprint density at radius 3 is 2.00 bits per heavy atom. The molecule has 0 fully saturated rings. The fourth-order valence-corrected chi connectivity index (χ4v) is 1.89. The average Bonchev–Trinajstić information content (AvgIpc) is 2.61. The zero-order valence-electron chi connectivity index (χ0n) is 12.8. The van der Waals surface area contributed by atoms with Gasteiger partial charge in [0.05, 0.1) is 32.6 Å². The number of nitro groups is 3. The van der Waals surface area contributed by atoms with E-state index in [2.05, 4.69) is 5.10 Å². The molecule has 0 radical (unpaired) electrons. The van der Waals surface area contributed by atoms with Crippen LogP contribution < -0.4 is 5.43 Å². The second-order valence-electron chi connectivity index (χ2n) is 4.80. The molecule has 2 aromatic rings. The largest absolute Gasteiger partial charge is 0.277 e.